The Kier molecular flexibility index (Phi) is 7.45. The first-order chi connectivity index (χ1) is 18.1. The summed E-state index contributed by atoms with van der Waals surface area (Å²) < 4.78 is 11.2. The summed E-state index contributed by atoms with van der Waals surface area (Å²) in [6.07, 6.45) is 1.30. The first kappa shape index (κ1) is 26.4. The van der Waals surface area contributed by atoms with Gasteiger partial charge in [0.15, 0.2) is 11.5 Å². The second-order valence-corrected chi connectivity index (χ2v) is 8.88. The summed E-state index contributed by atoms with van der Waals surface area (Å²) in [4.78, 5) is 49.7. The molecule has 1 heterocycles. The fraction of sp³-hybridized carbons (Fsp3) is 0.148. The fourth-order valence-electron chi connectivity index (χ4n) is 3.80. The van der Waals surface area contributed by atoms with E-state index in [9.17, 15) is 24.5 Å². The van der Waals surface area contributed by atoms with E-state index in [0.717, 1.165) is 16.0 Å². The lowest BCUT2D eigenvalue weighted by molar-refractivity contribution is -0.384. The van der Waals surface area contributed by atoms with Crippen LogP contribution in [-0.2, 0) is 16.2 Å². The molecule has 3 aromatic carbocycles. The Morgan fingerprint density at radius 2 is 1.82 bits per heavy atom. The number of nitro benzene ring substituents is 1. The molecular weight excluding hydrogens is 514 g/mol. The summed E-state index contributed by atoms with van der Waals surface area (Å²) in [6, 6.07) is 13.2. The van der Waals surface area contributed by atoms with Gasteiger partial charge in [0.25, 0.3) is 17.5 Å². The van der Waals surface area contributed by atoms with E-state index in [1.165, 1.54) is 37.5 Å². The van der Waals surface area contributed by atoms with E-state index in [0.29, 0.717) is 16.8 Å². The van der Waals surface area contributed by atoms with Gasteiger partial charge in [-0.25, -0.2) is 9.69 Å². The molecule has 38 heavy (non-hydrogen) atoms. The van der Waals surface area contributed by atoms with Crippen molar-refractivity contribution in [3.05, 3.63) is 97.6 Å². The van der Waals surface area contributed by atoms with Gasteiger partial charge in [0.2, 0.25) is 0 Å². The number of anilines is 1. The molecule has 0 aromatic heterocycles. The van der Waals surface area contributed by atoms with E-state index in [1.807, 2.05) is 13.8 Å². The quantitative estimate of drug-likeness (QED) is 0.192. The minimum absolute atomic E-state index is 0.0217. The van der Waals surface area contributed by atoms with Crippen LogP contribution in [0.2, 0.25) is 5.02 Å². The van der Waals surface area contributed by atoms with E-state index >= 15 is 0 Å². The van der Waals surface area contributed by atoms with Crippen molar-refractivity contribution in [1.82, 2.24) is 5.32 Å². The molecule has 194 valence electrons. The maximum atomic E-state index is 13.2. The van der Waals surface area contributed by atoms with Gasteiger partial charge in [0, 0.05) is 12.1 Å². The van der Waals surface area contributed by atoms with Crippen LogP contribution < -0.4 is 19.7 Å². The van der Waals surface area contributed by atoms with Crippen LogP contribution in [0.3, 0.4) is 0 Å². The van der Waals surface area contributed by atoms with Crippen molar-refractivity contribution in [3.8, 4) is 11.5 Å². The van der Waals surface area contributed by atoms with Gasteiger partial charge in [-0.2, -0.15) is 0 Å². The predicted molar refractivity (Wildman–Crippen MR) is 140 cm³/mol. The molecule has 1 fully saturated rings. The number of hydrogen-bond donors (Lipinski definition) is 1. The van der Waals surface area contributed by atoms with Crippen molar-refractivity contribution in [2.75, 3.05) is 12.0 Å². The standard InChI is InChI=1S/C27H22ClN3O7/c1-15-7-8-19(9-16(15)2)30-26(33)21(25(32)29-27(30)34)11-18-12-22(28)24(23(13-18)37-3)38-14-17-5-4-6-20(10-17)31(35)36/h4-13H,14H2,1-3H3,(H,29,32,34)/b21-11+. The third-order valence-corrected chi connectivity index (χ3v) is 6.20. The maximum absolute atomic E-state index is 13.2. The number of barbiturate groups is 1. The van der Waals surface area contributed by atoms with Gasteiger partial charge < -0.3 is 9.47 Å². The van der Waals surface area contributed by atoms with Crippen molar-refractivity contribution in [1.29, 1.82) is 0 Å². The molecule has 0 bridgehead atoms. The Hall–Kier alpha value is -4.70. The van der Waals surface area contributed by atoms with Gasteiger partial charge in [-0.1, -0.05) is 29.8 Å². The molecule has 4 amide bonds. The average molecular weight is 536 g/mol. The molecule has 4 rings (SSSR count). The normalized spacial score (nSPS) is 14.5. The lowest BCUT2D eigenvalue weighted by Crippen LogP contribution is -2.54. The number of methoxy groups -OCH3 is 1. The highest BCUT2D eigenvalue weighted by Crippen LogP contribution is 2.38. The summed E-state index contributed by atoms with van der Waals surface area (Å²) in [5.74, 6) is -1.25. The van der Waals surface area contributed by atoms with Crippen LogP contribution in [-0.4, -0.2) is 29.9 Å². The van der Waals surface area contributed by atoms with Gasteiger partial charge in [-0.15, -0.1) is 0 Å². The molecule has 3 aromatic rings. The molecule has 1 N–H and O–H groups in total. The first-order valence-electron chi connectivity index (χ1n) is 11.3. The van der Waals surface area contributed by atoms with Crippen molar-refractivity contribution in [2.45, 2.75) is 20.5 Å². The number of rotatable bonds is 7. The topological polar surface area (TPSA) is 128 Å². The van der Waals surface area contributed by atoms with E-state index in [4.69, 9.17) is 21.1 Å². The minimum atomic E-state index is -0.846. The summed E-state index contributed by atoms with van der Waals surface area (Å²) in [5, 5.41) is 13.3. The second-order valence-electron chi connectivity index (χ2n) is 8.48. The number of amides is 4. The zero-order chi connectivity index (χ0) is 27.6. The lowest BCUT2D eigenvalue weighted by atomic mass is 10.0. The molecule has 0 radical (unpaired) electrons. The number of nitrogens with zero attached hydrogens (tertiary/aromatic N) is 2. The maximum Gasteiger partial charge on any atom is 0.335 e. The number of urea groups is 1. The molecule has 0 unspecified atom stereocenters. The molecule has 0 atom stereocenters. The lowest BCUT2D eigenvalue weighted by Gasteiger charge is -2.27. The smallest absolute Gasteiger partial charge is 0.335 e. The highest BCUT2D eigenvalue weighted by molar-refractivity contribution is 6.39. The third kappa shape index (κ3) is 5.35. The van der Waals surface area contributed by atoms with Gasteiger partial charge in [0.1, 0.15) is 12.2 Å². The number of nitro groups is 1. The van der Waals surface area contributed by atoms with Crippen LogP contribution in [0.15, 0.2) is 60.2 Å². The van der Waals surface area contributed by atoms with E-state index < -0.39 is 22.8 Å². The highest BCUT2D eigenvalue weighted by atomic mass is 35.5. The van der Waals surface area contributed by atoms with Crippen molar-refractivity contribution in [3.63, 3.8) is 0 Å². The molecule has 10 nitrogen and oxygen atoms in total. The molecule has 11 heteroatoms. The average Bonchev–Trinajstić information content (AvgIpc) is 2.87. The van der Waals surface area contributed by atoms with E-state index in [1.54, 1.807) is 30.3 Å². The number of ether oxygens (including phenoxy) is 2. The second kappa shape index (κ2) is 10.7. The molecule has 0 spiro atoms. The van der Waals surface area contributed by atoms with Crippen LogP contribution in [0.25, 0.3) is 6.08 Å². The van der Waals surface area contributed by atoms with Crippen LogP contribution in [0.5, 0.6) is 11.5 Å². The molecule has 1 aliphatic heterocycles. The Bertz CT molecular complexity index is 1520. The fourth-order valence-corrected chi connectivity index (χ4v) is 4.08. The highest BCUT2D eigenvalue weighted by Gasteiger charge is 2.37. The number of hydrogen-bond acceptors (Lipinski definition) is 7. The molecular formula is C27H22ClN3O7. The van der Waals surface area contributed by atoms with Crippen molar-refractivity contribution >= 4 is 46.9 Å². The number of imide groups is 2. The van der Waals surface area contributed by atoms with Crippen molar-refractivity contribution in [2.24, 2.45) is 0 Å². The van der Waals surface area contributed by atoms with Gasteiger partial charge in [-0.3, -0.25) is 25.0 Å². The Morgan fingerprint density at radius 3 is 2.50 bits per heavy atom. The number of nitrogens with one attached hydrogen (secondary N) is 1. The first-order valence-corrected chi connectivity index (χ1v) is 11.7. The number of non-ortho nitro benzene ring substituents is 1. The zero-order valence-corrected chi connectivity index (χ0v) is 21.4. The van der Waals surface area contributed by atoms with Gasteiger partial charge in [-0.05, 0) is 66.4 Å². The third-order valence-electron chi connectivity index (χ3n) is 5.92. The molecule has 1 aliphatic rings. The van der Waals surface area contributed by atoms with Crippen LogP contribution in [0.4, 0.5) is 16.2 Å². The number of carbonyl (C=O) groups is 3. The summed E-state index contributed by atoms with van der Waals surface area (Å²) in [7, 11) is 1.39. The van der Waals surface area contributed by atoms with Crippen LogP contribution in [0, 0.1) is 24.0 Å². The number of halogens is 1. The molecule has 0 aliphatic carbocycles. The van der Waals surface area contributed by atoms with Gasteiger partial charge >= 0.3 is 6.03 Å². The number of carbonyl (C=O) groups excluding carboxylic acids is 3. The Balaban J connectivity index is 1.63. The van der Waals surface area contributed by atoms with Crippen LogP contribution >= 0.6 is 11.6 Å². The molecule has 1 saturated heterocycles. The van der Waals surface area contributed by atoms with E-state index in [2.05, 4.69) is 5.32 Å². The number of benzene rings is 3. The molecule has 0 saturated carbocycles. The van der Waals surface area contributed by atoms with Gasteiger partial charge in [0.05, 0.1) is 22.7 Å². The monoisotopic (exact) mass is 535 g/mol. The Morgan fingerprint density at radius 1 is 1.05 bits per heavy atom. The largest absolute Gasteiger partial charge is 0.493 e. The minimum Gasteiger partial charge on any atom is -0.493 e. The summed E-state index contributed by atoms with van der Waals surface area (Å²) >= 11 is 6.44. The summed E-state index contributed by atoms with van der Waals surface area (Å²) in [6.45, 7) is 3.73. The van der Waals surface area contributed by atoms with Crippen LogP contribution in [0.1, 0.15) is 22.3 Å². The number of aryl methyl sites for hydroxylation is 2. The van der Waals surface area contributed by atoms with Crippen molar-refractivity contribution < 1.29 is 28.8 Å². The predicted octanol–water partition coefficient (Wildman–Crippen LogP) is 5.12. The Labute approximate surface area is 222 Å². The summed E-state index contributed by atoms with van der Waals surface area (Å²) in [5.41, 5.74) is 2.74. The SMILES string of the molecule is COc1cc(/C=C2\C(=O)NC(=O)N(c3ccc(C)c(C)c3)C2=O)cc(Cl)c1OCc1cccc([N+](=O)[O-])c1. The van der Waals surface area contributed by atoms with E-state index in [-0.39, 0.29) is 34.4 Å². The zero-order valence-electron chi connectivity index (χ0n) is 20.6.